The molecule has 0 spiro atoms. The summed E-state index contributed by atoms with van der Waals surface area (Å²) in [5, 5.41) is 20.2. The summed E-state index contributed by atoms with van der Waals surface area (Å²) < 4.78 is 5.14. The second-order valence-electron chi connectivity index (χ2n) is 5.56. The molecular weight excluding hydrogens is 240 g/mol. The van der Waals surface area contributed by atoms with Crippen LogP contribution >= 0.6 is 0 Å². The molecule has 0 amide bonds. The van der Waals surface area contributed by atoms with Crippen molar-refractivity contribution in [3.8, 4) is 5.75 Å². The van der Waals surface area contributed by atoms with Gasteiger partial charge in [-0.05, 0) is 48.9 Å². The van der Waals surface area contributed by atoms with Crippen LogP contribution < -0.4 is 0 Å². The van der Waals surface area contributed by atoms with Gasteiger partial charge in [-0.1, -0.05) is 19.3 Å². The van der Waals surface area contributed by atoms with E-state index in [0.29, 0.717) is 18.3 Å². The van der Waals surface area contributed by atoms with E-state index in [9.17, 15) is 10.2 Å². The first-order chi connectivity index (χ1) is 9.13. The van der Waals surface area contributed by atoms with Crippen LogP contribution in [0.4, 0.5) is 0 Å². The Kier molecular flexibility index (Phi) is 4.83. The van der Waals surface area contributed by atoms with Gasteiger partial charge in [0.1, 0.15) is 5.75 Å². The van der Waals surface area contributed by atoms with Crippen molar-refractivity contribution in [1.29, 1.82) is 0 Å². The lowest BCUT2D eigenvalue weighted by Crippen LogP contribution is -2.07. The van der Waals surface area contributed by atoms with E-state index in [1.165, 1.54) is 19.3 Å². The van der Waals surface area contributed by atoms with Crippen molar-refractivity contribution >= 4 is 0 Å². The first-order valence-corrected chi connectivity index (χ1v) is 7.16. The zero-order chi connectivity index (χ0) is 13.8. The maximum absolute atomic E-state index is 10.4. The summed E-state index contributed by atoms with van der Waals surface area (Å²) >= 11 is 0. The van der Waals surface area contributed by atoms with Crippen LogP contribution in [0.3, 0.4) is 0 Å². The Hall–Kier alpha value is -1.06. The highest BCUT2D eigenvalue weighted by molar-refractivity contribution is 5.46. The standard InChI is InChI=1S/C16H24O3/c1-11(17)13-8-14(10-19-2)16(18)15(9-13)12-6-4-3-5-7-12/h8-9,11-12,17-18H,3-7,10H2,1-2H3. The fraction of sp³-hybridized carbons (Fsp3) is 0.625. The van der Waals surface area contributed by atoms with Crippen LogP contribution in [-0.4, -0.2) is 17.3 Å². The van der Waals surface area contributed by atoms with Crippen molar-refractivity contribution in [1.82, 2.24) is 0 Å². The summed E-state index contributed by atoms with van der Waals surface area (Å²) in [7, 11) is 1.62. The van der Waals surface area contributed by atoms with E-state index in [1.807, 2.05) is 12.1 Å². The summed E-state index contributed by atoms with van der Waals surface area (Å²) in [6, 6.07) is 3.81. The summed E-state index contributed by atoms with van der Waals surface area (Å²) in [6.07, 6.45) is 5.48. The Balaban J connectivity index is 2.38. The molecule has 19 heavy (non-hydrogen) atoms. The van der Waals surface area contributed by atoms with Crippen LogP contribution in [0.2, 0.25) is 0 Å². The fourth-order valence-electron chi connectivity index (χ4n) is 2.98. The zero-order valence-corrected chi connectivity index (χ0v) is 11.9. The SMILES string of the molecule is COCc1cc(C(C)O)cc(C2CCCCC2)c1O. The molecule has 1 unspecified atom stereocenters. The minimum Gasteiger partial charge on any atom is -0.507 e. The molecule has 0 aliphatic heterocycles. The molecule has 106 valence electrons. The topological polar surface area (TPSA) is 49.7 Å². The van der Waals surface area contributed by atoms with E-state index in [0.717, 1.165) is 29.5 Å². The van der Waals surface area contributed by atoms with Crippen LogP contribution in [0.15, 0.2) is 12.1 Å². The van der Waals surface area contributed by atoms with E-state index in [4.69, 9.17) is 4.74 Å². The highest BCUT2D eigenvalue weighted by Crippen LogP contribution is 2.40. The number of aliphatic hydroxyl groups excluding tert-OH is 1. The smallest absolute Gasteiger partial charge is 0.124 e. The number of aliphatic hydroxyl groups is 1. The summed E-state index contributed by atoms with van der Waals surface area (Å²) in [5.74, 6) is 0.779. The fourth-order valence-corrected chi connectivity index (χ4v) is 2.98. The van der Waals surface area contributed by atoms with Gasteiger partial charge in [0.2, 0.25) is 0 Å². The molecule has 0 radical (unpaired) electrons. The van der Waals surface area contributed by atoms with Gasteiger partial charge in [-0.3, -0.25) is 0 Å². The zero-order valence-electron chi connectivity index (χ0n) is 11.9. The molecule has 1 aliphatic rings. The average molecular weight is 264 g/mol. The lowest BCUT2D eigenvalue weighted by Gasteiger charge is -2.25. The molecule has 2 rings (SSSR count). The normalized spacial score (nSPS) is 18.5. The van der Waals surface area contributed by atoms with Gasteiger partial charge in [0, 0.05) is 12.7 Å². The minimum atomic E-state index is -0.515. The Bertz CT molecular complexity index is 420. The first-order valence-electron chi connectivity index (χ1n) is 7.16. The molecule has 1 atom stereocenters. The lowest BCUT2D eigenvalue weighted by atomic mass is 9.82. The highest BCUT2D eigenvalue weighted by atomic mass is 16.5. The molecule has 0 bridgehead atoms. The van der Waals surface area contributed by atoms with Crippen LogP contribution in [0.1, 0.15) is 67.7 Å². The quantitative estimate of drug-likeness (QED) is 0.873. The molecule has 1 aromatic rings. The van der Waals surface area contributed by atoms with Gasteiger partial charge >= 0.3 is 0 Å². The van der Waals surface area contributed by atoms with Crippen molar-refractivity contribution in [2.75, 3.05) is 7.11 Å². The van der Waals surface area contributed by atoms with Crippen molar-refractivity contribution in [3.63, 3.8) is 0 Å². The Labute approximate surface area is 115 Å². The first kappa shape index (κ1) is 14.4. The van der Waals surface area contributed by atoms with Crippen LogP contribution in [0.25, 0.3) is 0 Å². The van der Waals surface area contributed by atoms with Crippen LogP contribution in [-0.2, 0) is 11.3 Å². The summed E-state index contributed by atoms with van der Waals surface area (Å²) in [5.41, 5.74) is 2.64. The third-order valence-electron chi connectivity index (χ3n) is 4.07. The lowest BCUT2D eigenvalue weighted by molar-refractivity contribution is 0.179. The number of rotatable bonds is 4. The second-order valence-corrected chi connectivity index (χ2v) is 5.56. The van der Waals surface area contributed by atoms with Gasteiger partial charge < -0.3 is 14.9 Å². The monoisotopic (exact) mass is 264 g/mol. The van der Waals surface area contributed by atoms with Gasteiger partial charge in [-0.25, -0.2) is 0 Å². The molecule has 2 N–H and O–H groups in total. The molecule has 0 aromatic heterocycles. The minimum absolute atomic E-state index is 0.359. The number of hydrogen-bond donors (Lipinski definition) is 2. The van der Waals surface area contributed by atoms with E-state index in [1.54, 1.807) is 14.0 Å². The number of hydrogen-bond acceptors (Lipinski definition) is 3. The van der Waals surface area contributed by atoms with Crippen molar-refractivity contribution in [2.45, 2.75) is 57.7 Å². The van der Waals surface area contributed by atoms with Crippen LogP contribution in [0, 0.1) is 0 Å². The molecule has 3 heteroatoms. The second kappa shape index (κ2) is 6.40. The van der Waals surface area contributed by atoms with E-state index >= 15 is 0 Å². The maximum atomic E-state index is 10.4. The van der Waals surface area contributed by atoms with Gasteiger partial charge in [0.05, 0.1) is 12.7 Å². The Morgan fingerprint density at radius 3 is 2.53 bits per heavy atom. The molecule has 1 aliphatic carbocycles. The third kappa shape index (κ3) is 3.28. The molecule has 1 saturated carbocycles. The van der Waals surface area contributed by atoms with E-state index < -0.39 is 6.10 Å². The molecule has 0 heterocycles. The summed E-state index contributed by atoms with van der Waals surface area (Å²) in [6.45, 7) is 2.14. The number of phenolic OH excluding ortho intramolecular Hbond substituents is 1. The largest absolute Gasteiger partial charge is 0.507 e. The highest BCUT2D eigenvalue weighted by Gasteiger charge is 2.21. The van der Waals surface area contributed by atoms with Crippen molar-refractivity contribution in [2.24, 2.45) is 0 Å². The van der Waals surface area contributed by atoms with Gasteiger partial charge in [0.15, 0.2) is 0 Å². The van der Waals surface area contributed by atoms with Gasteiger partial charge in [-0.2, -0.15) is 0 Å². The number of ether oxygens (including phenoxy) is 1. The van der Waals surface area contributed by atoms with Crippen LogP contribution in [0.5, 0.6) is 5.75 Å². The van der Waals surface area contributed by atoms with Gasteiger partial charge in [0.25, 0.3) is 0 Å². The average Bonchev–Trinajstić information content (AvgIpc) is 2.42. The maximum Gasteiger partial charge on any atom is 0.124 e. The van der Waals surface area contributed by atoms with Gasteiger partial charge in [-0.15, -0.1) is 0 Å². The predicted molar refractivity (Wildman–Crippen MR) is 75.3 cm³/mol. The van der Waals surface area contributed by atoms with Crippen molar-refractivity contribution < 1.29 is 14.9 Å². The predicted octanol–water partition coefficient (Wildman–Crippen LogP) is 3.64. The summed E-state index contributed by atoms with van der Waals surface area (Å²) in [4.78, 5) is 0. The van der Waals surface area contributed by atoms with Crippen molar-refractivity contribution in [3.05, 3.63) is 28.8 Å². The Morgan fingerprint density at radius 1 is 1.26 bits per heavy atom. The van der Waals surface area contributed by atoms with E-state index in [-0.39, 0.29) is 0 Å². The number of methoxy groups -OCH3 is 1. The Morgan fingerprint density at radius 2 is 1.95 bits per heavy atom. The van der Waals surface area contributed by atoms with E-state index in [2.05, 4.69) is 0 Å². The molecule has 0 saturated heterocycles. The molecule has 1 aromatic carbocycles. The molecule has 3 nitrogen and oxygen atoms in total. The molecule has 1 fully saturated rings. The number of benzene rings is 1. The number of phenols is 1. The molecular formula is C16H24O3. The third-order valence-corrected chi connectivity index (χ3v) is 4.07. The number of aromatic hydroxyl groups is 1.